The summed E-state index contributed by atoms with van der Waals surface area (Å²) in [5.41, 5.74) is -0.333. The Bertz CT molecular complexity index is 739. The average Bonchev–Trinajstić information content (AvgIpc) is 2.97. The lowest BCUT2D eigenvalue weighted by Gasteiger charge is -2.43. The first kappa shape index (κ1) is 22.8. The normalized spacial score (nSPS) is 19.3. The molecule has 1 heterocycles. The number of carbonyl (C=O) groups excluding carboxylic acids is 1. The Morgan fingerprint density at radius 1 is 1.07 bits per heavy atom. The molecule has 1 saturated carbocycles. The molecule has 1 aromatic carbocycles. The van der Waals surface area contributed by atoms with Crippen molar-refractivity contribution >= 4 is 28.9 Å². The van der Waals surface area contributed by atoms with Gasteiger partial charge in [-0.15, -0.1) is 0 Å². The SMILES string of the molecule is CC(=O)N1CCC(N(C(=S)Nc2cccc(C(F)(F)F)c2)C2CCCCCC2)CC1. The Balaban J connectivity index is 1.77. The summed E-state index contributed by atoms with van der Waals surface area (Å²) in [5.74, 6) is 0.0825. The number of alkyl halides is 3. The Labute approximate surface area is 181 Å². The summed E-state index contributed by atoms with van der Waals surface area (Å²) >= 11 is 5.73. The maximum atomic E-state index is 13.1. The third-order valence-corrected chi connectivity index (χ3v) is 6.51. The van der Waals surface area contributed by atoms with E-state index >= 15 is 0 Å². The summed E-state index contributed by atoms with van der Waals surface area (Å²) in [6.45, 7) is 2.97. The van der Waals surface area contributed by atoms with Gasteiger partial charge in [0.15, 0.2) is 5.11 Å². The van der Waals surface area contributed by atoms with E-state index in [0.717, 1.165) is 50.7 Å². The van der Waals surface area contributed by atoms with Gasteiger partial charge in [0.1, 0.15) is 0 Å². The maximum absolute atomic E-state index is 13.1. The number of rotatable bonds is 3. The molecule has 1 saturated heterocycles. The van der Waals surface area contributed by atoms with Gasteiger partial charge >= 0.3 is 6.18 Å². The van der Waals surface area contributed by atoms with Gasteiger partial charge in [-0.1, -0.05) is 31.7 Å². The molecule has 0 spiro atoms. The van der Waals surface area contributed by atoms with Gasteiger partial charge in [-0.25, -0.2) is 0 Å². The highest BCUT2D eigenvalue weighted by Crippen LogP contribution is 2.32. The molecule has 0 atom stereocenters. The zero-order valence-electron chi connectivity index (χ0n) is 17.4. The Morgan fingerprint density at radius 3 is 2.23 bits per heavy atom. The van der Waals surface area contributed by atoms with Gasteiger partial charge in [-0.3, -0.25) is 4.79 Å². The molecule has 0 bridgehead atoms. The predicted octanol–water partition coefficient (Wildman–Crippen LogP) is 5.44. The van der Waals surface area contributed by atoms with Crippen molar-refractivity contribution in [3.8, 4) is 0 Å². The lowest BCUT2D eigenvalue weighted by atomic mass is 9.98. The average molecular weight is 442 g/mol. The van der Waals surface area contributed by atoms with Crippen LogP contribution in [0.1, 0.15) is 63.9 Å². The van der Waals surface area contributed by atoms with Crippen molar-refractivity contribution in [1.29, 1.82) is 0 Å². The number of carbonyl (C=O) groups is 1. The fourth-order valence-corrected chi connectivity index (χ4v) is 5.00. The van der Waals surface area contributed by atoms with Crippen LogP contribution in [0.3, 0.4) is 0 Å². The molecule has 166 valence electrons. The van der Waals surface area contributed by atoms with E-state index < -0.39 is 11.7 Å². The number of nitrogens with one attached hydrogen (secondary N) is 1. The number of likely N-dealkylation sites (tertiary alicyclic amines) is 1. The number of piperidine rings is 1. The zero-order valence-corrected chi connectivity index (χ0v) is 18.2. The topological polar surface area (TPSA) is 35.6 Å². The van der Waals surface area contributed by atoms with E-state index in [1.165, 1.54) is 18.9 Å². The molecule has 3 rings (SSSR count). The molecule has 2 fully saturated rings. The number of benzene rings is 1. The first-order valence-electron chi connectivity index (χ1n) is 10.8. The van der Waals surface area contributed by atoms with Crippen molar-refractivity contribution in [3.63, 3.8) is 0 Å². The molecule has 30 heavy (non-hydrogen) atoms. The van der Waals surface area contributed by atoms with Gasteiger partial charge in [-0.05, 0) is 56.1 Å². The van der Waals surface area contributed by atoms with Crippen LogP contribution in [0, 0.1) is 0 Å². The van der Waals surface area contributed by atoms with Gasteiger partial charge in [0.05, 0.1) is 5.56 Å². The van der Waals surface area contributed by atoms with Crippen molar-refractivity contribution < 1.29 is 18.0 Å². The summed E-state index contributed by atoms with van der Waals surface area (Å²) in [4.78, 5) is 15.8. The van der Waals surface area contributed by atoms with Crippen LogP contribution in [0.4, 0.5) is 18.9 Å². The number of hydrogen-bond acceptors (Lipinski definition) is 2. The van der Waals surface area contributed by atoms with E-state index in [-0.39, 0.29) is 18.0 Å². The van der Waals surface area contributed by atoms with Crippen molar-refractivity contribution in [2.24, 2.45) is 0 Å². The number of thiocarbonyl (C=S) groups is 1. The number of halogens is 3. The van der Waals surface area contributed by atoms with Gasteiger partial charge in [0.2, 0.25) is 5.91 Å². The quantitative estimate of drug-likeness (QED) is 0.501. The maximum Gasteiger partial charge on any atom is 0.416 e. The Kier molecular flexibility index (Phi) is 7.60. The zero-order chi connectivity index (χ0) is 21.7. The van der Waals surface area contributed by atoms with Crippen molar-refractivity contribution in [1.82, 2.24) is 9.80 Å². The summed E-state index contributed by atoms with van der Waals surface area (Å²) in [6.07, 6.45) is 4.02. The van der Waals surface area contributed by atoms with Crippen LogP contribution in [-0.4, -0.2) is 46.0 Å². The van der Waals surface area contributed by atoms with Crippen LogP contribution in [0.5, 0.6) is 0 Å². The molecule has 1 N–H and O–H groups in total. The van der Waals surface area contributed by atoms with E-state index in [4.69, 9.17) is 12.2 Å². The molecule has 1 aliphatic heterocycles. The van der Waals surface area contributed by atoms with Gasteiger partial charge in [-0.2, -0.15) is 13.2 Å². The minimum atomic E-state index is -4.39. The molecule has 8 heteroatoms. The molecule has 1 amide bonds. The van der Waals surface area contributed by atoms with E-state index in [2.05, 4.69) is 10.2 Å². The molecule has 2 aliphatic rings. The minimum absolute atomic E-state index is 0.0825. The van der Waals surface area contributed by atoms with Crippen LogP contribution in [-0.2, 0) is 11.0 Å². The van der Waals surface area contributed by atoms with Crippen molar-refractivity contribution in [2.75, 3.05) is 18.4 Å². The lowest BCUT2D eigenvalue weighted by molar-refractivity contribution is -0.137. The second-order valence-electron chi connectivity index (χ2n) is 8.30. The van der Waals surface area contributed by atoms with Crippen LogP contribution in [0.2, 0.25) is 0 Å². The van der Waals surface area contributed by atoms with E-state index in [1.54, 1.807) is 13.0 Å². The fourth-order valence-electron chi connectivity index (χ4n) is 4.59. The Morgan fingerprint density at radius 2 is 1.67 bits per heavy atom. The molecular formula is C22H30F3N3OS. The summed E-state index contributed by atoms with van der Waals surface area (Å²) in [7, 11) is 0. The third kappa shape index (κ3) is 5.86. The van der Waals surface area contributed by atoms with Crippen LogP contribution >= 0.6 is 12.2 Å². The highest BCUT2D eigenvalue weighted by atomic mass is 32.1. The van der Waals surface area contributed by atoms with Gasteiger partial charge in [0, 0.05) is 37.8 Å². The molecule has 0 radical (unpaired) electrons. The molecule has 1 aromatic rings. The second kappa shape index (κ2) is 9.98. The first-order chi connectivity index (χ1) is 14.3. The molecule has 4 nitrogen and oxygen atoms in total. The van der Waals surface area contributed by atoms with Crippen LogP contribution in [0.15, 0.2) is 24.3 Å². The highest BCUT2D eigenvalue weighted by molar-refractivity contribution is 7.80. The molecule has 0 aromatic heterocycles. The second-order valence-corrected chi connectivity index (χ2v) is 8.69. The minimum Gasteiger partial charge on any atom is -0.343 e. The number of hydrogen-bond donors (Lipinski definition) is 1. The fraction of sp³-hybridized carbons (Fsp3) is 0.636. The number of anilines is 1. The Hall–Kier alpha value is -1.83. The number of amides is 1. The van der Waals surface area contributed by atoms with E-state index in [9.17, 15) is 18.0 Å². The van der Waals surface area contributed by atoms with Gasteiger partial charge < -0.3 is 15.1 Å². The molecular weight excluding hydrogens is 411 g/mol. The van der Waals surface area contributed by atoms with Crippen LogP contribution < -0.4 is 5.32 Å². The largest absolute Gasteiger partial charge is 0.416 e. The molecule has 1 aliphatic carbocycles. The first-order valence-corrected chi connectivity index (χ1v) is 11.2. The lowest BCUT2D eigenvalue weighted by Crippen LogP contribution is -2.53. The summed E-state index contributed by atoms with van der Waals surface area (Å²) in [5, 5.41) is 3.57. The van der Waals surface area contributed by atoms with Crippen molar-refractivity contribution in [3.05, 3.63) is 29.8 Å². The van der Waals surface area contributed by atoms with E-state index in [1.807, 2.05) is 4.90 Å². The predicted molar refractivity (Wildman–Crippen MR) is 116 cm³/mol. The van der Waals surface area contributed by atoms with E-state index in [0.29, 0.717) is 23.9 Å². The molecule has 0 unspecified atom stereocenters. The smallest absolute Gasteiger partial charge is 0.343 e. The monoisotopic (exact) mass is 441 g/mol. The standard InChI is InChI=1S/C22H30F3N3OS/c1-16(29)27-13-11-20(12-14-27)28(19-9-4-2-3-5-10-19)21(30)26-18-8-6-7-17(15-18)22(23,24)25/h6-8,15,19-20H,2-5,9-14H2,1H3,(H,26,30). The van der Waals surface area contributed by atoms with Gasteiger partial charge in [0.25, 0.3) is 0 Å². The summed E-state index contributed by atoms with van der Waals surface area (Å²) < 4.78 is 39.3. The third-order valence-electron chi connectivity index (χ3n) is 6.20. The van der Waals surface area contributed by atoms with Crippen LogP contribution in [0.25, 0.3) is 0 Å². The van der Waals surface area contributed by atoms with Crippen molar-refractivity contribution in [2.45, 2.75) is 76.6 Å². The summed E-state index contributed by atoms with van der Waals surface area (Å²) in [6, 6.07) is 5.66. The number of nitrogens with zero attached hydrogens (tertiary/aromatic N) is 2. The highest BCUT2D eigenvalue weighted by Gasteiger charge is 2.33.